The number of hydrogen-bond donors (Lipinski definition) is 0. The molecule has 0 N–H and O–H groups in total. The van der Waals surface area contributed by atoms with Crippen molar-refractivity contribution in [2.75, 3.05) is 13.2 Å². The van der Waals surface area contributed by atoms with Gasteiger partial charge in [0.05, 0.1) is 0 Å². The molecular weight excluding hydrogens is 913 g/mol. The van der Waals surface area contributed by atoms with Crippen LogP contribution in [0.4, 0.5) is 0 Å². The second kappa shape index (κ2) is 62.6. The lowest BCUT2D eigenvalue weighted by Gasteiger charge is -2.18. The van der Waals surface area contributed by atoms with Crippen molar-refractivity contribution in [1.29, 1.82) is 0 Å². The number of unbranched alkanes of at least 4 members (excludes halogenated alkanes) is 38. The second-order valence-electron chi connectivity index (χ2n) is 21.7. The zero-order chi connectivity index (χ0) is 53.6. The molecule has 0 aliphatic heterocycles. The van der Waals surface area contributed by atoms with Crippen LogP contribution in [-0.4, -0.2) is 37.2 Å². The Morgan fingerprint density at radius 2 is 0.527 bits per heavy atom. The molecule has 0 amide bonds. The summed E-state index contributed by atoms with van der Waals surface area (Å²) in [5.41, 5.74) is 0. The van der Waals surface area contributed by atoms with Crippen molar-refractivity contribution in [2.45, 2.75) is 341 Å². The van der Waals surface area contributed by atoms with Gasteiger partial charge in [0.15, 0.2) is 6.10 Å². The van der Waals surface area contributed by atoms with Gasteiger partial charge in [-0.15, -0.1) is 0 Å². The van der Waals surface area contributed by atoms with Crippen molar-refractivity contribution in [3.05, 3.63) is 60.8 Å². The quantitative estimate of drug-likeness (QED) is 0.0261. The predicted molar refractivity (Wildman–Crippen MR) is 321 cm³/mol. The second-order valence-corrected chi connectivity index (χ2v) is 21.7. The molecule has 0 saturated heterocycles. The smallest absolute Gasteiger partial charge is 0.306 e. The molecule has 0 heterocycles. The highest BCUT2D eigenvalue weighted by Gasteiger charge is 2.19. The summed E-state index contributed by atoms with van der Waals surface area (Å²) in [6, 6.07) is 0. The van der Waals surface area contributed by atoms with Crippen molar-refractivity contribution < 1.29 is 28.6 Å². The van der Waals surface area contributed by atoms with Gasteiger partial charge in [-0.3, -0.25) is 14.4 Å². The number of carbonyl (C=O) groups is 3. The first-order chi connectivity index (χ1) is 36.5. The van der Waals surface area contributed by atoms with Gasteiger partial charge < -0.3 is 14.2 Å². The fraction of sp³-hybridized carbons (Fsp3) is 0.809. The van der Waals surface area contributed by atoms with Crippen molar-refractivity contribution in [2.24, 2.45) is 0 Å². The molecule has 0 aromatic rings. The number of esters is 3. The SMILES string of the molecule is CC/C=C\C/C=C\C/C=C\C/C=C\C/C=C\CCCCCCCC(=O)OC(COC(=O)CCCCCCCCCCCCCC)COC(=O)CCCCCCCCCCCCCCCCCCCCCCCCC. The molecule has 0 aromatic heterocycles. The van der Waals surface area contributed by atoms with Crippen LogP contribution >= 0.6 is 0 Å². The van der Waals surface area contributed by atoms with Crippen LogP contribution in [0.15, 0.2) is 60.8 Å². The zero-order valence-electron chi connectivity index (χ0n) is 49.4. The molecule has 0 aromatic carbocycles. The Morgan fingerprint density at radius 3 is 0.824 bits per heavy atom. The number of carbonyl (C=O) groups excluding carboxylic acids is 3. The molecule has 6 nitrogen and oxygen atoms in total. The lowest BCUT2D eigenvalue weighted by Crippen LogP contribution is -2.30. The molecular formula is C68H122O6. The summed E-state index contributed by atoms with van der Waals surface area (Å²) in [6.45, 7) is 6.56. The molecule has 0 spiro atoms. The summed E-state index contributed by atoms with van der Waals surface area (Å²) in [6.07, 6.45) is 79.5. The summed E-state index contributed by atoms with van der Waals surface area (Å²) < 4.78 is 16.9. The van der Waals surface area contributed by atoms with Gasteiger partial charge in [-0.25, -0.2) is 0 Å². The van der Waals surface area contributed by atoms with Crippen molar-refractivity contribution in [3.8, 4) is 0 Å². The number of allylic oxidation sites excluding steroid dienone is 10. The molecule has 6 heteroatoms. The fourth-order valence-corrected chi connectivity index (χ4v) is 9.47. The van der Waals surface area contributed by atoms with Gasteiger partial charge in [-0.1, -0.05) is 313 Å². The van der Waals surface area contributed by atoms with Gasteiger partial charge in [-0.05, 0) is 64.2 Å². The fourth-order valence-electron chi connectivity index (χ4n) is 9.47. The first kappa shape index (κ1) is 71.1. The van der Waals surface area contributed by atoms with Crippen LogP contribution in [0.5, 0.6) is 0 Å². The maximum Gasteiger partial charge on any atom is 0.306 e. The van der Waals surface area contributed by atoms with E-state index in [4.69, 9.17) is 14.2 Å². The minimum absolute atomic E-state index is 0.0778. The number of ether oxygens (including phenoxy) is 3. The maximum absolute atomic E-state index is 12.9. The summed E-state index contributed by atoms with van der Waals surface area (Å²) in [4.78, 5) is 38.3. The summed E-state index contributed by atoms with van der Waals surface area (Å²) in [7, 11) is 0. The topological polar surface area (TPSA) is 78.9 Å². The lowest BCUT2D eigenvalue weighted by atomic mass is 10.0. The molecule has 0 rings (SSSR count). The van der Waals surface area contributed by atoms with Crippen LogP contribution in [0.25, 0.3) is 0 Å². The number of hydrogen-bond acceptors (Lipinski definition) is 6. The minimum atomic E-state index is -0.782. The van der Waals surface area contributed by atoms with Gasteiger partial charge in [0.25, 0.3) is 0 Å². The van der Waals surface area contributed by atoms with E-state index in [0.29, 0.717) is 19.3 Å². The highest BCUT2D eigenvalue weighted by atomic mass is 16.6. The highest BCUT2D eigenvalue weighted by molar-refractivity contribution is 5.71. The monoisotopic (exact) mass is 1030 g/mol. The van der Waals surface area contributed by atoms with Crippen LogP contribution in [0.2, 0.25) is 0 Å². The molecule has 0 fully saturated rings. The van der Waals surface area contributed by atoms with Crippen LogP contribution < -0.4 is 0 Å². The third-order valence-corrected chi connectivity index (χ3v) is 14.3. The van der Waals surface area contributed by atoms with E-state index in [9.17, 15) is 14.4 Å². The third kappa shape index (κ3) is 60.0. The Morgan fingerprint density at radius 1 is 0.284 bits per heavy atom. The Balaban J connectivity index is 4.30. The van der Waals surface area contributed by atoms with Gasteiger partial charge in [0.1, 0.15) is 13.2 Å². The lowest BCUT2D eigenvalue weighted by molar-refractivity contribution is -0.167. The van der Waals surface area contributed by atoms with E-state index in [1.807, 2.05) is 0 Å². The van der Waals surface area contributed by atoms with E-state index in [1.165, 1.54) is 186 Å². The molecule has 0 aliphatic carbocycles. The van der Waals surface area contributed by atoms with Crippen LogP contribution in [0, 0.1) is 0 Å². The predicted octanol–water partition coefficient (Wildman–Crippen LogP) is 21.9. The molecule has 0 bridgehead atoms. The first-order valence-electron chi connectivity index (χ1n) is 32.3. The molecule has 0 saturated carbocycles. The highest BCUT2D eigenvalue weighted by Crippen LogP contribution is 2.18. The van der Waals surface area contributed by atoms with Gasteiger partial charge in [0, 0.05) is 19.3 Å². The third-order valence-electron chi connectivity index (χ3n) is 14.3. The molecule has 0 radical (unpaired) electrons. The largest absolute Gasteiger partial charge is 0.462 e. The molecule has 1 atom stereocenters. The van der Waals surface area contributed by atoms with Crippen LogP contribution in [-0.2, 0) is 28.6 Å². The molecule has 0 aliphatic rings. The normalized spacial score (nSPS) is 12.4. The van der Waals surface area contributed by atoms with Crippen LogP contribution in [0.1, 0.15) is 335 Å². The standard InChI is InChI=1S/C68H122O6/c1-4-7-10-13-16-19-22-25-27-29-31-33-34-36-37-39-41-43-46-49-52-55-58-61-67(70)73-64-65(63-72-66(69)60-57-54-51-48-45-24-21-18-15-12-9-6-3)74-68(71)62-59-56-53-50-47-44-42-40-38-35-32-30-28-26-23-20-17-14-11-8-5-2/h8,11,17,20,26,28,32,35,40,42,65H,4-7,9-10,12-16,18-19,21-25,27,29-31,33-34,36-39,41,43-64H2,1-3H3/b11-8-,20-17-,28-26-,35-32-,42-40-. The van der Waals surface area contributed by atoms with E-state index in [1.54, 1.807) is 0 Å². The van der Waals surface area contributed by atoms with Gasteiger partial charge in [0.2, 0.25) is 0 Å². The average Bonchev–Trinajstić information content (AvgIpc) is 3.40. The van der Waals surface area contributed by atoms with Gasteiger partial charge in [-0.2, -0.15) is 0 Å². The van der Waals surface area contributed by atoms with E-state index < -0.39 is 6.10 Å². The Hall–Kier alpha value is -2.89. The summed E-state index contributed by atoms with van der Waals surface area (Å²) in [5.74, 6) is -0.877. The van der Waals surface area contributed by atoms with Crippen molar-refractivity contribution >= 4 is 17.9 Å². The first-order valence-corrected chi connectivity index (χ1v) is 32.3. The summed E-state index contributed by atoms with van der Waals surface area (Å²) in [5, 5.41) is 0. The number of rotatable bonds is 59. The van der Waals surface area contributed by atoms with Crippen molar-refractivity contribution in [3.63, 3.8) is 0 Å². The van der Waals surface area contributed by atoms with Crippen molar-refractivity contribution in [1.82, 2.24) is 0 Å². The Bertz CT molecular complexity index is 1330. The van der Waals surface area contributed by atoms with Gasteiger partial charge >= 0.3 is 17.9 Å². The zero-order valence-corrected chi connectivity index (χ0v) is 49.4. The Labute approximate surface area is 460 Å². The molecule has 74 heavy (non-hydrogen) atoms. The van der Waals surface area contributed by atoms with E-state index >= 15 is 0 Å². The summed E-state index contributed by atoms with van der Waals surface area (Å²) >= 11 is 0. The maximum atomic E-state index is 12.9. The average molecular weight is 1040 g/mol. The van der Waals surface area contributed by atoms with E-state index in [-0.39, 0.29) is 31.1 Å². The van der Waals surface area contributed by atoms with Crippen LogP contribution in [0.3, 0.4) is 0 Å². The minimum Gasteiger partial charge on any atom is -0.462 e. The molecule has 1 unspecified atom stereocenters. The Kier molecular flexibility index (Phi) is 60.2. The molecule has 430 valence electrons. The van der Waals surface area contributed by atoms with E-state index in [0.717, 1.165) is 109 Å². The van der Waals surface area contributed by atoms with E-state index in [2.05, 4.69) is 81.5 Å².